The topological polar surface area (TPSA) is 46.6 Å². The van der Waals surface area contributed by atoms with Crippen molar-refractivity contribution in [3.63, 3.8) is 0 Å². The van der Waals surface area contributed by atoms with Crippen LogP contribution in [0.3, 0.4) is 0 Å². The molecule has 0 rings (SSSR count). The van der Waals surface area contributed by atoms with Gasteiger partial charge in [-0.2, -0.15) is 0 Å². The highest BCUT2D eigenvalue weighted by molar-refractivity contribution is 6.18. The molecule has 4 nitrogen and oxygen atoms in total. The fourth-order valence-corrected chi connectivity index (χ4v) is 1.15. The van der Waals surface area contributed by atoms with Crippen LogP contribution < -0.4 is 0 Å². The third-order valence-electron chi connectivity index (χ3n) is 1.78. The lowest BCUT2D eigenvalue weighted by atomic mass is 10.3. The van der Waals surface area contributed by atoms with Gasteiger partial charge in [0.2, 0.25) is 5.91 Å². The summed E-state index contributed by atoms with van der Waals surface area (Å²) in [4.78, 5) is 23.9. The van der Waals surface area contributed by atoms with Crippen LogP contribution in [-0.4, -0.2) is 42.4 Å². The van der Waals surface area contributed by atoms with Gasteiger partial charge in [0.25, 0.3) is 0 Å². The number of ether oxygens (including phenoxy) is 1. The quantitative estimate of drug-likeness (QED) is 0.515. The molecule has 0 saturated carbocycles. The maximum atomic E-state index is 11.5. The second-order valence-electron chi connectivity index (χ2n) is 3.13. The monoisotopic (exact) mass is 221 g/mol. The fraction of sp³-hybridized carbons (Fsp3) is 0.778. The van der Waals surface area contributed by atoms with Crippen LogP contribution >= 0.6 is 11.6 Å². The predicted molar refractivity (Wildman–Crippen MR) is 54.2 cm³/mol. The summed E-state index contributed by atoms with van der Waals surface area (Å²) in [5.41, 5.74) is 0. The first-order chi connectivity index (χ1) is 6.52. The van der Waals surface area contributed by atoms with E-state index in [2.05, 4.69) is 4.74 Å². The largest absolute Gasteiger partial charge is 0.468 e. The third kappa shape index (κ3) is 4.46. The van der Waals surface area contributed by atoms with E-state index in [4.69, 9.17) is 11.6 Å². The van der Waals surface area contributed by atoms with E-state index in [0.29, 0.717) is 0 Å². The maximum Gasteiger partial charge on any atom is 0.325 e. The molecule has 0 aliphatic heterocycles. The number of amides is 1. The molecule has 14 heavy (non-hydrogen) atoms. The van der Waals surface area contributed by atoms with Gasteiger partial charge in [0, 0.05) is 18.3 Å². The molecule has 0 spiro atoms. The number of hydrogen-bond acceptors (Lipinski definition) is 3. The van der Waals surface area contributed by atoms with Gasteiger partial charge in [-0.25, -0.2) is 0 Å². The number of halogens is 1. The highest BCUT2D eigenvalue weighted by Crippen LogP contribution is 2.02. The molecule has 0 atom stereocenters. The number of carbonyl (C=O) groups is 2. The van der Waals surface area contributed by atoms with E-state index in [0.717, 1.165) is 0 Å². The van der Waals surface area contributed by atoms with Crippen molar-refractivity contribution in [1.82, 2.24) is 4.90 Å². The van der Waals surface area contributed by atoms with Crippen LogP contribution in [0.15, 0.2) is 0 Å². The average molecular weight is 222 g/mol. The van der Waals surface area contributed by atoms with E-state index in [1.165, 1.54) is 12.0 Å². The minimum Gasteiger partial charge on any atom is -0.468 e. The van der Waals surface area contributed by atoms with Crippen molar-refractivity contribution in [1.29, 1.82) is 0 Å². The summed E-state index contributed by atoms with van der Waals surface area (Å²) in [6.07, 6.45) is 0.247. The van der Waals surface area contributed by atoms with Gasteiger partial charge in [-0.3, -0.25) is 9.59 Å². The summed E-state index contributed by atoms with van der Waals surface area (Å²) in [5, 5.41) is 0. The van der Waals surface area contributed by atoms with E-state index < -0.39 is 5.97 Å². The summed E-state index contributed by atoms with van der Waals surface area (Å²) < 4.78 is 4.49. The second-order valence-corrected chi connectivity index (χ2v) is 3.51. The lowest BCUT2D eigenvalue weighted by Crippen LogP contribution is -2.41. The fourth-order valence-electron chi connectivity index (χ4n) is 0.987. The van der Waals surface area contributed by atoms with Crippen molar-refractivity contribution in [3.8, 4) is 0 Å². The lowest BCUT2D eigenvalue weighted by Gasteiger charge is -2.25. The van der Waals surface area contributed by atoms with Crippen LogP contribution in [0.2, 0.25) is 0 Å². The van der Waals surface area contributed by atoms with Crippen molar-refractivity contribution in [2.45, 2.75) is 26.3 Å². The Labute approximate surface area is 89.2 Å². The Hall–Kier alpha value is -0.770. The van der Waals surface area contributed by atoms with Crippen LogP contribution in [0.25, 0.3) is 0 Å². The van der Waals surface area contributed by atoms with Crippen LogP contribution in [-0.2, 0) is 14.3 Å². The molecular formula is C9H16ClNO3. The zero-order valence-corrected chi connectivity index (χ0v) is 9.50. The van der Waals surface area contributed by atoms with E-state index >= 15 is 0 Å². The molecule has 0 bridgehead atoms. The Bertz CT molecular complexity index is 206. The van der Waals surface area contributed by atoms with Crippen molar-refractivity contribution >= 4 is 23.5 Å². The van der Waals surface area contributed by atoms with Crippen LogP contribution in [0, 0.1) is 0 Å². The molecule has 0 heterocycles. The molecule has 0 aliphatic carbocycles. The number of esters is 1. The van der Waals surface area contributed by atoms with Gasteiger partial charge in [-0.1, -0.05) is 0 Å². The molecular weight excluding hydrogens is 206 g/mol. The number of carbonyl (C=O) groups excluding carboxylic acids is 2. The van der Waals surface area contributed by atoms with E-state index in [9.17, 15) is 9.59 Å². The Morgan fingerprint density at radius 2 is 2.00 bits per heavy atom. The first kappa shape index (κ1) is 13.2. The van der Waals surface area contributed by atoms with Gasteiger partial charge < -0.3 is 9.64 Å². The van der Waals surface area contributed by atoms with Crippen LogP contribution in [0.4, 0.5) is 0 Å². The molecule has 0 aromatic rings. The van der Waals surface area contributed by atoms with Crippen LogP contribution in [0.5, 0.6) is 0 Å². The first-order valence-corrected chi connectivity index (χ1v) is 4.98. The summed E-state index contributed by atoms with van der Waals surface area (Å²) in [6, 6.07) is -0.0233. The molecule has 82 valence electrons. The summed E-state index contributed by atoms with van der Waals surface area (Å²) in [6.45, 7) is 3.67. The van der Waals surface area contributed by atoms with Crippen molar-refractivity contribution in [2.75, 3.05) is 19.5 Å². The van der Waals surface area contributed by atoms with Gasteiger partial charge in [0.05, 0.1) is 7.11 Å². The number of alkyl halides is 1. The third-order valence-corrected chi connectivity index (χ3v) is 1.97. The van der Waals surface area contributed by atoms with Crippen molar-refractivity contribution in [3.05, 3.63) is 0 Å². The zero-order chi connectivity index (χ0) is 11.1. The maximum absolute atomic E-state index is 11.5. The molecule has 1 amide bonds. The zero-order valence-electron chi connectivity index (χ0n) is 8.75. The van der Waals surface area contributed by atoms with Gasteiger partial charge >= 0.3 is 5.97 Å². The SMILES string of the molecule is COC(=O)CN(C(=O)CCCl)C(C)C. The van der Waals surface area contributed by atoms with E-state index in [1.807, 2.05) is 13.8 Å². The number of nitrogens with zero attached hydrogens (tertiary/aromatic N) is 1. The van der Waals surface area contributed by atoms with Crippen LogP contribution in [0.1, 0.15) is 20.3 Å². The van der Waals surface area contributed by atoms with Gasteiger partial charge in [-0.05, 0) is 13.8 Å². The molecule has 0 unspecified atom stereocenters. The lowest BCUT2D eigenvalue weighted by molar-refractivity contribution is -0.148. The predicted octanol–water partition coefficient (Wildman–Crippen LogP) is 1.03. The smallest absolute Gasteiger partial charge is 0.325 e. The minimum atomic E-state index is -0.415. The number of methoxy groups -OCH3 is 1. The van der Waals surface area contributed by atoms with E-state index in [-0.39, 0.29) is 30.8 Å². The molecule has 0 aromatic carbocycles. The second kappa shape index (κ2) is 6.65. The summed E-state index contributed by atoms with van der Waals surface area (Å²) >= 11 is 5.45. The average Bonchev–Trinajstić information content (AvgIpc) is 2.13. The van der Waals surface area contributed by atoms with Crippen molar-refractivity contribution in [2.24, 2.45) is 0 Å². The number of rotatable bonds is 5. The summed E-state index contributed by atoms with van der Waals surface area (Å²) in [5.74, 6) is -0.273. The Morgan fingerprint density at radius 3 is 2.36 bits per heavy atom. The highest BCUT2D eigenvalue weighted by Gasteiger charge is 2.19. The molecule has 5 heteroatoms. The van der Waals surface area contributed by atoms with Gasteiger partial charge in [-0.15, -0.1) is 11.6 Å². The standard InChI is InChI=1S/C9H16ClNO3/c1-7(2)11(6-9(13)14-3)8(12)4-5-10/h7H,4-6H2,1-3H3. The molecule has 0 aromatic heterocycles. The van der Waals surface area contributed by atoms with E-state index in [1.54, 1.807) is 0 Å². The number of hydrogen-bond donors (Lipinski definition) is 0. The Balaban J connectivity index is 4.29. The minimum absolute atomic E-state index is 0.0100. The van der Waals surface area contributed by atoms with Crippen molar-refractivity contribution < 1.29 is 14.3 Å². The molecule has 0 fully saturated rings. The normalized spacial score (nSPS) is 10.1. The molecule has 0 aliphatic rings. The summed E-state index contributed by atoms with van der Waals surface area (Å²) in [7, 11) is 1.30. The van der Waals surface area contributed by atoms with Gasteiger partial charge in [0.1, 0.15) is 6.54 Å². The Kier molecular flexibility index (Phi) is 6.28. The van der Waals surface area contributed by atoms with Gasteiger partial charge in [0.15, 0.2) is 0 Å². The highest BCUT2D eigenvalue weighted by atomic mass is 35.5. The Morgan fingerprint density at radius 1 is 1.43 bits per heavy atom. The molecule has 0 N–H and O–H groups in total. The first-order valence-electron chi connectivity index (χ1n) is 4.45. The molecule has 0 radical (unpaired) electrons. The molecule has 0 saturated heterocycles.